The van der Waals surface area contributed by atoms with E-state index in [-0.39, 0.29) is 5.82 Å². The second-order valence-corrected chi connectivity index (χ2v) is 4.83. The van der Waals surface area contributed by atoms with Crippen molar-refractivity contribution in [1.29, 1.82) is 0 Å². The van der Waals surface area contributed by atoms with Crippen molar-refractivity contribution in [2.24, 2.45) is 0 Å². The zero-order valence-corrected chi connectivity index (χ0v) is 10.3. The van der Waals surface area contributed by atoms with Crippen LogP contribution in [0.2, 0.25) is 5.02 Å². The topological polar surface area (TPSA) is 17.1 Å². The molecule has 2 aromatic carbocycles. The van der Waals surface area contributed by atoms with E-state index in [1.165, 1.54) is 23.9 Å². The Kier molecular flexibility index (Phi) is 3.82. The summed E-state index contributed by atoms with van der Waals surface area (Å²) < 4.78 is 13.0. The minimum absolute atomic E-state index is 0.310. The van der Waals surface area contributed by atoms with Gasteiger partial charge in [0.05, 0.1) is 5.02 Å². The van der Waals surface area contributed by atoms with Gasteiger partial charge in [-0.15, -0.1) is 0 Å². The molecule has 86 valence electrons. The highest BCUT2D eigenvalue weighted by molar-refractivity contribution is 7.99. The van der Waals surface area contributed by atoms with Crippen LogP contribution in [0.4, 0.5) is 4.39 Å². The van der Waals surface area contributed by atoms with Crippen LogP contribution in [0.25, 0.3) is 0 Å². The first-order valence-electron chi connectivity index (χ1n) is 4.88. The fraction of sp³-hybridized carbons (Fsp3) is 0. The van der Waals surface area contributed by atoms with Crippen molar-refractivity contribution < 1.29 is 9.18 Å². The summed E-state index contributed by atoms with van der Waals surface area (Å²) in [4.78, 5) is 12.2. The van der Waals surface area contributed by atoms with E-state index in [1.54, 1.807) is 30.3 Å². The molecule has 0 bridgehead atoms. The molecule has 2 rings (SSSR count). The number of hydrogen-bond donors (Lipinski definition) is 0. The van der Waals surface area contributed by atoms with Crippen molar-refractivity contribution in [2.75, 3.05) is 0 Å². The largest absolute Gasteiger partial charge is 0.298 e. The summed E-state index contributed by atoms with van der Waals surface area (Å²) in [6.45, 7) is 0. The van der Waals surface area contributed by atoms with E-state index < -0.39 is 0 Å². The first kappa shape index (κ1) is 12.1. The minimum atomic E-state index is -0.310. The molecule has 0 aliphatic heterocycles. The van der Waals surface area contributed by atoms with Gasteiger partial charge in [-0.3, -0.25) is 4.79 Å². The molecule has 0 atom stereocenters. The Morgan fingerprint density at radius 2 is 1.94 bits per heavy atom. The number of carbonyl (C=O) groups is 1. The summed E-state index contributed by atoms with van der Waals surface area (Å²) in [5.74, 6) is -0.310. The van der Waals surface area contributed by atoms with Crippen LogP contribution >= 0.6 is 23.4 Å². The van der Waals surface area contributed by atoms with Crippen LogP contribution in [-0.4, -0.2) is 6.29 Å². The lowest BCUT2D eigenvalue weighted by molar-refractivity contribution is 0.112. The fourth-order valence-corrected chi connectivity index (χ4v) is 2.63. The molecule has 0 saturated carbocycles. The predicted octanol–water partition coefficient (Wildman–Crippen LogP) is 4.44. The standard InChI is InChI=1S/C13H8ClFOS/c14-12-6-1-3-9(8-16)13(12)17-11-5-2-4-10(15)7-11/h1-8H. The van der Waals surface area contributed by atoms with Gasteiger partial charge in [-0.2, -0.15) is 0 Å². The van der Waals surface area contributed by atoms with Crippen LogP contribution in [-0.2, 0) is 0 Å². The Bertz CT molecular complexity index is 557. The number of hydrogen-bond acceptors (Lipinski definition) is 2. The second kappa shape index (κ2) is 5.34. The van der Waals surface area contributed by atoms with Crippen LogP contribution in [0.1, 0.15) is 10.4 Å². The molecule has 0 fully saturated rings. The molecule has 0 N–H and O–H groups in total. The normalized spacial score (nSPS) is 10.2. The molecular formula is C13H8ClFOS. The third kappa shape index (κ3) is 2.87. The van der Waals surface area contributed by atoms with E-state index in [9.17, 15) is 9.18 Å². The van der Waals surface area contributed by atoms with E-state index in [2.05, 4.69) is 0 Å². The molecule has 0 aromatic heterocycles. The number of carbonyl (C=O) groups excluding carboxylic acids is 1. The molecule has 0 spiro atoms. The van der Waals surface area contributed by atoms with Crippen molar-refractivity contribution in [3.63, 3.8) is 0 Å². The Morgan fingerprint density at radius 1 is 1.18 bits per heavy atom. The summed E-state index contributed by atoms with van der Waals surface area (Å²) >= 11 is 7.30. The summed E-state index contributed by atoms with van der Waals surface area (Å²) in [6, 6.07) is 11.3. The molecule has 0 heterocycles. The van der Waals surface area contributed by atoms with Crippen LogP contribution in [0, 0.1) is 5.82 Å². The Balaban J connectivity index is 2.39. The van der Waals surface area contributed by atoms with Gasteiger partial charge in [0.1, 0.15) is 5.82 Å². The van der Waals surface area contributed by atoms with Gasteiger partial charge < -0.3 is 0 Å². The van der Waals surface area contributed by atoms with Crippen LogP contribution < -0.4 is 0 Å². The van der Waals surface area contributed by atoms with Gasteiger partial charge in [0.25, 0.3) is 0 Å². The molecule has 0 aliphatic carbocycles. The maximum Gasteiger partial charge on any atom is 0.151 e. The predicted molar refractivity (Wildman–Crippen MR) is 67.4 cm³/mol. The highest BCUT2D eigenvalue weighted by atomic mass is 35.5. The molecule has 0 unspecified atom stereocenters. The molecule has 17 heavy (non-hydrogen) atoms. The first-order chi connectivity index (χ1) is 8.20. The van der Waals surface area contributed by atoms with E-state index in [1.807, 2.05) is 0 Å². The molecular weight excluding hydrogens is 259 g/mol. The van der Waals surface area contributed by atoms with Crippen molar-refractivity contribution in [3.05, 3.63) is 58.9 Å². The minimum Gasteiger partial charge on any atom is -0.298 e. The maximum atomic E-state index is 13.0. The number of halogens is 2. The molecule has 0 aliphatic rings. The van der Waals surface area contributed by atoms with Gasteiger partial charge in [-0.25, -0.2) is 4.39 Å². The van der Waals surface area contributed by atoms with Gasteiger partial charge in [-0.05, 0) is 24.3 Å². The van der Waals surface area contributed by atoms with Crippen molar-refractivity contribution in [2.45, 2.75) is 9.79 Å². The smallest absolute Gasteiger partial charge is 0.151 e. The molecule has 0 radical (unpaired) electrons. The van der Waals surface area contributed by atoms with E-state index >= 15 is 0 Å². The molecule has 0 amide bonds. The monoisotopic (exact) mass is 266 g/mol. The highest BCUT2D eigenvalue weighted by Gasteiger charge is 2.08. The Hall–Kier alpha value is -1.32. The summed E-state index contributed by atoms with van der Waals surface area (Å²) in [6.07, 6.45) is 0.744. The van der Waals surface area contributed by atoms with Crippen LogP contribution in [0.15, 0.2) is 52.3 Å². The SMILES string of the molecule is O=Cc1cccc(Cl)c1Sc1cccc(F)c1. The first-order valence-corrected chi connectivity index (χ1v) is 6.07. The van der Waals surface area contributed by atoms with E-state index in [4.69, 9.17) is 11.6 Å². The third-order valence-electron chi connectivity index (χ3n) is 2.14. The second-order valence-electron chi connectivity index (χ2n) is 3.34. The lowest BCUT2D eigenvalue weighted by Gasteiger charge is -2.06. The van der Waals surface area contributed by atoms with Gasteiger partial charge in [0.15, 0.2) is 6.29 Å². The molecule has 4 heteroatoms. The summed E-state index contributed by atoms with van der Waals surface area (Å²) in [5.41, 5.74) is 0.506. The quantitative estimate of drug-likeness (QED) is 0.764. The van der Waals surface area contributed by atoms with Gasteiger partial charge >= 0.3 is 0 Å². The van der Waals surface area contributed by atoms with Crippen molar-refractivity contribution >= 4 is 29.6 Å². The lowest BCUT2D eigenvalue weighted by Crippen LogP contribution is -1.86. The third-order valence-corrected chi connectivity index (χ3v) is 3.72. The van der Waals surface area contributed by atoms with Gasteiger partial charge in [0, 0.05) is 15.4 Å². The zero-order valence-electron chi connectivity index (χ0n) is 8.69. The zero-order chi connectivity index (χ0) is 12.3. The van der Waals surface area contributed by atoms with Gasteiger partial charge in [-0.1, -0.05) is 41.6 Å². The maximum absolute atomic E-state index is 13.0. The Labute approximate surface area is 108 Å². The number of rotatable bonds is 3. The average Bonchev–Trinajstić information content (AvgIpc) is 2.32. The highest BCUT2D eigenvalue weighted by Crippen LogP contribution is 2.35. The number of aldehydes is 1. The van der Waals surface area contributed by atoms with Crippen LogP contribution in [0.5, 0.6) is 0 Å². The van der Waals surface area contributed by atoms with Crippen LogP contribution in [0.3, 0.4) is 0 Å². The molecule has 2 aromatic rings. The lowest BCUT2D eigenvalue weighted by atomic mass is 10.2. The Morgan fingerprint density at radius 3 is 2.65 bits per heavy atom. The molecule has 1 nitrogen and oxygen atoms in total. The average molecular weight is 267 g/mol. The summed E-state index contributed by atoms with van der Waals surface area (Å²) in [7, 11) is 0. The van der Waals surface area contributed by atoms with Crippen molar-refractivity contribution in [3.8, 4) is 0 Å². The fourth-order valence-electron chi connectivity index (χ4n) is 1.37. The van der Waals surface area contributed by atoms with Crippen molar-refractivity contribution in [1.82, 2.24) is 0 Å². The number of benzene rings is 2. The van der Waals surface area contributed by atoms with Gasteiger partial charge in [0.2, 0.25) is 0 Å². The summed E-state index contributed by atoms with van der Waals surface area (Å²) in [5, 5.41) is 0.490. The van der Waals surface area contributed by atoms with E-state index in [0.29, 0.717) is 20.4 Å². The van der Waals surface area contributed by atoms with E-state index in [0.717, 1.165) is 6.29 Å². The molecule has 0 saturated heterocycles.